The smallest absolute Gasteiger partial charge is 0.263 e. The van der Waals surface area contributed by atoms with Crippen molar-refractivity contribution in [3.63, 3.8) is 0 Å². The van der Waals surface area contributed by atoms with Crippen LogP contribution in [-0.4, -0.2) is 15.5 Å². The predicted octanol–water partition coefficient (Wildman–Crippen LogP) is 3.26. The van der Waals surface area contributed by atoms with Gasteiger partial charge in [0.25, 0.3) is 11.5 Å². The molecule has 2 aromatic heterocycles. The lowest BCUT2D eigenvalue weighted by Gasteiger charge is -2.13. The Kier molecular flexibility index (Phi) is 5.54. The van der Waals surface area contributed by atoms with Gasteiger partial charge < -0.3 is 14.6 Å². The number of nitrogens with one attached hydrogen (secondary N) is 1. The first-order valence-corrected chi connectivity index (χ1v) is 8.70. The largest absolute Gasteiger partial charge is 0.436 e. The lowest BCUT2D eigenvalue weighted by atomic mass is 10.1. The number of pyridine rings is 2. The zero-order valence-electron chi connectivity index (χ0n) is 15.8. The third kappa shape index (κ3) is 3.93. The van der Waals surface area contributed by atoms with Crippen LogP contribution >= 0.6 is 0 Å². The third-order valence-electron chi connectivity index (χ3n) is 4.55. The fourth-order valence-corrected chi connectivity index (χ4v) is 2.70. The summed E-state index contributed by atoms with van der Waals surface area (Å²) in [6, 6.07) is 11.0. The highest BCUT2D eigenvalue weighted by Gasteiger charge is 2.16. The number of rotatable bonds is 5. The molecule has 0 saturated heterocycles. The predicted molar refractivity (Wildman–Crippen MR) is 103 cm³/mol. The summed E-state index contributed by atoms with van der Waals surface area (Å²) < 4.78 is 20.8. The van der Waals surface area contributed by atoms with Crippen LogP contribution < -0.4 is 15.6 Å². The molecule has 0 radical (unpaired) electrons. The van der Waals surface area contributed by atoms with Crippen molar-refractivity contribution in [3.8, 4) is 11.6 Å². The van der Waals surface area contributed by atoms with Crippen molar-refractivity contribution < 1.29 is 13.9 Å². The first-order chi connectivity index (χ1) is 13.4. The molecule has 0 unspecified atom stereocenters. The number of halogens is 1. The second kappa shape index (κ2) is 8.04. The minimum Gasteiger partial charge on any atom is -0.436 e. The first-order valence-electron chi connectivity index (χ1n) is 8.70. The van der Waals surface area contributed by atoms with Crippen LogP contribution in [0.15, 0.2) is 53.5 Å². The number of benzene rings is 1. The van der Waals surface area contributed by atoms with Gasteiger partial charge in [-0.15, -0.1) is 0 Å². The molecule has 28 heavy (non-hydrogen) atoms. The van der Waals surface area contributed by atoms with Gasteiger partial charge in [-0.1, -0.05) is 18.2 Å². The van der Waals surface area contributed by atoms with E-state index < -0.39 is 11.7 Å². The molecule has 0 aliphatic carbocycles. The van der Waals surface area contributed by atoms with Crippen LogP contribution in [0.2, 0.25) is 0 Å². The van der Waals surface area contributed by atoms with E-state index in [-0.39, 0.29) is 29.3 Å². The Bertz CT molecular complexity index is 1090. The summed E-state index contributed by atoms with van der Waals surface area (Å²) in [5, 5.41) is 2.70. The number of carbonyl (C=O) groups excluding carboxylic acids is 1. The number of aryl methyl sites for hydroxylation is 1. The van der Waals surface area contributed by atoms with Crippen molar-refractivity contribution in [2.75, 3.05) is 0 Å². The molecule has 1 N–H and O–H groups in total. The highest BCUT2D eigenvalue weighted by Crippen LogP contribution is 2.25. The molecule has 0 bridgehead atoms. The zero-order chi connectivity index (χ0) is 20.3. The van der Waals surface area contributed by atoms with Gasteiger partial charge in [-0.2, -0.15) is 0 Å². The molecule has 0 atom stereocenters. The SMILES string of the molecule is Cc1cc(C(=O)NCc2cccnc2Oc2ccccc2F)c(=O)n(C)c1C. The minimum atomic E-state index is -0.512. The lowest BCUT2D eigenvalue weighted by Crippen LogP contribution is -2.33. The van der Waals surface area contributed by atoms with Gasteiger partial charge in [-0.05, 0) is 43.7 Å². The molecule has 6 nitrogen and oxygen atoms in total. The summed E-state index contributed by atoms with van der Waals surface area (Å²) in [4.78, 5) is 29.0. The molecular formula is C21H20FN3O3. The molecule has 0 spiro atoms. The van der Waals surface area contributed by atoms with Crippen molar-refractivity contribution in [3.05, 3.63) is 87.2 Å². The molecule has 0 aliphatic rings. The Morgan fingerprint density at radius 1 is 1.21 bits per heavy atom. The Balaban J connectivity index is 1.80. The van der Waals surface area contributed by atoms with E-state index in [1.807, 2.05) is 13.8 Å². The maximum Gasteiger partial charge on any atom is 0.263 e. The van der Waals surface area contributed by atoms with Gasteiger partial charge in [-0.3, -0.25) is 9.59 Å². The molecule has 1 amide bonds. The lowest BCUT2D eigenvalue weighted by molar-refractivity contribution is 0.0948. The Hall–Kier alpha value is -3.48. The average molecular weight is 381 g/mol. The summed E-state index contributed by atoms with van der Waals surface area (Å²) in [7, 11) is 1.63. The molecule has 0 saturated carbocycles. The molecule has 3 rings (SSSR count). The van der Waals surface area contributed by atoms with Crippen molar-refractivity contribution in [2.45, 2.75) is 20.4 Å². The molecule has 1 aromatic carbocycles. The van der Waals surface area contributed by atoms with E-state index in [0.29, 0.717) is 5.56 Å². The van der Waals surface area contributed by atoms with E-state index in [1.165, 1.54) is 22.9 Å². The van der Waals surface area contributed by atoms with E-state index in [0.717, 1.165) is 11.3 Å². The minimum absolute atomic E-state index is 0.0387. The van der Waals surface area contributed by atoms with Crippen LogP contribution in [0.3, 0.4) is 0 Å². The van der Waals surface area contributed by atoms with Gasteiger partial charge in [0, 0.05) is 31.0 Å². The van der Waals surface area contributed by atoms with E-state index >= 15 is 0 Å². The molecular weight excluding hydrogens is 361 g/mol. The number of para-hydroxylation sites is 1. The quantitative estimate of drug-likeness (QED) is 0.736. The molecule has 2 heterocycles. The summed E-state index contributed by atoms with van der Waals surface area (Å²) in [5.74, 6) is -0.788. The van der Waals surface area contributed by atoms with Crippen molar-refractivity contribution >= 4 is 5.91 Å². The van der Waals surface area contributed by atoms with Gasteiger partial charge in [0.15, 0.2) is 11.6 Å². The third-order valence-corrected chi connectivity index (χ3v) is 4.55. The second-order valence-electron chi connectivity index (χ2n) is 6.37. The highest BCUT2D eigenvalue weighted by molar-refractivity contribution is 5.94. The summed E-state index contributed by atoms with van der Waals surface area (Å²) >= 11 is 0. The van der Waals surface area contributed by atoms with E-state index in [1.54, 1.807) is 37.4 Å². The average Bonchev–Trinajstić information content (AvgIpc) is 2.70. The number of aromatic nitrogens is 2. The number of hydrogen-bond acceptors (Lipinski definition) is 4. The Morgan fingerprint density at radius 3 is 2.71 bits per heavy atom. The first kappa shape index (κ1) is 19.3. The molecule has 144 valence electrons. The summed E-state index contributed by atoms with van der Waals surface area (Å²) in [6.07, 6.45) is 1.51. The van der Waals surface area contributed by atoms with Crippen molar-refractivity contribution in [2.24, 2.45) is 7.05 Å². The topological polar surface area (TPSA) is 73.2 Å². The molecule has 0 fully saturated rings. The van der Waals surface area contributed by atoms with Crippen LogP contribution in [0, 0.1) is 19.7 Å². The number of nitrogens with zero attached hydrogens (tertiary/aromatic N) is 2. The Morgan fingerprint density at radius 2 is 1.96 bits per heavy atom. The van der Waals surface area contributed by atoms with E-state index in [9.17, 15) is 14.0 Å². The number of amides is 1. The van der Waals surface area contributed by atoms with E-state index in [4.69, 9.17) is 4.74 Å². The van der Waals surface area contributed by atoms with Crippen LogP contribution in [0.4, 0.5) is 4.39 Å². The highest BCUT2D eigenvalue weighted by atomic mass is 19.1. The van der Waals surface area contributed by atoms with Crippen LogP contribution in [-0.2, 0) is 13.6 Å². The maximum absolute atomic E-state index is 13.8. The number of carbonyl (C=O) groups is 1. The fourth-order valence-electron chi connectivity index (χ4n) is 2.70. The molecule has 7 heteroatoms. The van der Waals surface area contributed by atoms with Gasteiger partial charge in [-0.25, -0.2) is 9.37 Å². The summed E-state index contributed by atoms with van der Waals surface area (Å²) in [6.45, 7) is 3.74. The van der Waals surface area contributed by atoms with Crippen LogP contribution in [0.1, 0.15) is 27.2 Å². The maximum atomic E-state index is 13.8. The Labute approximate surface area is 161 Å². The van der Waals surface area contributed by atoms with Crippen molar-refractivity contribution in [1.82, 2.24) is 14.9 Å². The molecule has 3 aromatic rings. The van der Waals surface area contributed by atoms with Gasteiger partial charge in [0.2, 0.25) is 5.88 Å². The fraction of sp³-hybridized carbons (Fsp3) is 0.190. The van der Waals surface area contributed by atoms with Crippen molar-refractivity contribution in [1.29, 1.82) is 0 Å². The normalized spacial score (nSPS) is 10.6. The van der Waals surface area contributed by atoms with E-state index in [2.05, 4.69) is 10.3 Å². The molecule has 0 aliphatic heterocycles. The zero-order valence-corrected chi connectivity index (χ0v) is 15.8. The summed E-state index contributed by atoms with van der Waals surface area (Å²) in [5.41, 5.74) is 1.90. The second-order valence-corrected chi connectivity index (χ2v) is 6.37. The van der Waals surface area contributed by atoms with Crippen LogP contribution in [0.25, 0.3) is 0 Å². The number of hydrogen-bond donors (Lipinski definition) is 1. The van der Waals surface area contributed by atoms with Gasteiger partial charge in [0.1, 0.15) is 5.56 Å². The van der Waals surface area contributed by atoms with Gasteiger partial charge >= 0.3 is 0 Å². The van der Waals surface area contributed by atoms with Crippen LogP contribution in [0.5, 0.6) is 11.6 Å². The standard InChI is InChI=1S/C21H20FN3O3/c1-13-11-16(21(27)25(3)14(13)2)19(26)24-12-15-7-6-10-23-20(15)28-18-9-5-4-8-17(18)22/h4-11H,12H2,1-3H3,(H,24,26). The van der Waals surface area contributed by atoms with Gasteiger partial charge in [0.05, 0.1) is 0 Å². The number of ether oxygens (including phenoxy) is 1. The monoisotopic (exact) mass is 381 g/mol.